The lowest BCUT2D eigenvalue weighted by Gasteiger charge is -2.04. The topological polar surface area (TPSA) is 105 Å². The van der Waals surface area contributed by atoms with Crippen LogP contribution in [-0.4, -0.2) is 21.4 Å². The first-order chi connectivity index (χ1) is 9.20. The van der Waals surface area contributed by atoms with Gasteiger partial charge in [-0.1, -0.05) is 0 Å². The zero-order chi connectivity index (χ0) is 13.7. The van der Waals surface area contributed by atoms with E-state index in [1.807, 2.05) is 5.38 Å². The summed E-state index contributed by atoms with van der Waals surface area (Å²) in [7, 11) is 0. The maximum atomic E-state index is 10.6. The number of rotatable bonds is 5. The fraction of sp³-hybridized carbons (Fsp3) is 0.182. The van der Waals surface area contributed by atoms with Crippen LogP contribution in [0, 0.1) is 21.4 Å². The molecule has 0 aliphatic rings. The van der Waals surface area contributed by atoms with Crippen molar-refractivity contribution < 1.29 is 4.92 Å². The Kier molecular flexibility index (Phi) is 4.00. The minimum Gasteiger partial charge on any atom is -0.370 e. The number of anilines is 1. The van der Waals surface area contributed by atoms with Gasteiger partial charge < -0.3 is 5.32 Å². The van der Waals surface area contributed by atoms with Gasteiger partial charge in [0.15, 0.2) is 0 Å². The predicted octanol–water partition coefficient (Wildman–Crippen LogP) is 1.97. The first-order valence-corrected chi connectivity index (χ1v) is 6.26. The normalized spacial score (nSPS) is 9.84. The average Bonchev–Trinajstić information content (AvgIpc) is 2.91. The third kappa shape index (κ3) is 3.23. The average molecular weight is 275 g/mol. The molecule has 0 saturated carbocycles. The largest absolute Gasteiger partial charge is 0.370 e. The lowest BCUT2D eigenvalue weighted by molar-refractivity contribution is -0.385. The van der Waals surface area contributed by atoms with E-state index in [4.69, 9.17) is 5.26 Å². The van der Waals surface area contributed by atoms with E-state index < -0.39 is 4.92 Å². The molecule has 0 saturated heterocycles. The fourth-order valence-corrected chi connectivity index (χ4v) is 2.07. The van der Waals surface area contributed by atoms with Crippen LogP contribution >= 0.6 is 11.3 Å². The molecule has 7 nitrogen and oxygen atoms in total. The Morgan fingerprint density at radius 1 is 1.53 bits per heavy atom. The van der Waals surface area contributed by atoms with Crippen molar-refractivity contribution in [2.24, 2.45) is 0 Å². The van der Waals surface area contributed by atoms with E-state index >= 15 is 0 Å². The van der Waals surface area contributed by atoms with Gasteiger partial charge in [-0.2, -0.15) is 5.26 Å². The Morgan fingerprint density at radius 3 is 3.00 bits per heavy atom. The Morgan fingerprint density at radius 2 is 2.37 bits per heavy atom. The Balaban J connectivity index is 2.01. The molecular formula is C11H9N5O2S. The first kappa shape index (κ1) is 12.9. The number of nitrogens with one attached hydrogen (secondary N) is 1. The number of nitro groups is 1. The van der Waals surface area contributed by atoms with Crippen molar-refractivity contribution in [1.82, 2.24) is 9.97 Å². The number of pyridine rings is 1. The number of nitrogens with zero attached hydrogens (tertiary/aromatic N) is 4. The summed E-state index contributed by atoms with van der Waals surface area (Å²) < 4.78 is 0. The summed E-state index contributed by atoms with van der Waals surface area (Å²) in [5.41, 5.74) is -0.475. The highest BCUT2D eigenvalue weighted by atomic mass is 32.1. The third-order valence-electron chi connectivity index (χ3n) is 2.30. The molecule has 0 amide bonds. The second kappa shape index (κ2) is 5.88. The van der Waals surface area contributed by atoms with Gasteiger partial charge in [-0.05, 0) is 6.07 Å². The summed E-state index contributed by atoms with van der Waals surface area (Å²) in [4.78, 5) is 18.1. The first-order valence-electron chi connectivity index (χ1n) is 5.38. The van der Waals surface area contributed by atoms with Gasteiger partial charge in [0.05, 0.1) is 9.93 Å². The van der Waals surface area contributed by atoms with Crippen LogP contribution in [0.2, 0.25) is 0 Å². The predicted molar refractivity (Wildman–Crippen MR) is 69.9 cm³/mol. The molecular weight excluding hydrogens is 266 g/mol. The Bertz CT molecular complexity index is 621. The van der Waals surface area contributed by atoms with Gasteiger partial charge in [-0.25, -0.2) is 9.97 Å². The zero-order valence-corrected chi connectivity index (χ0v) is 10.6. The smallest absolute Gasteiger partial charge is 0.305 e. The quantitative estimate of drug-likeness (QED) is 0.660. The molecule has 0 aliphatic heterocycles. The number of hydrogen-bond acceptors (Lipinski definition) is 7. The van der Waals surface area contributed by atoms with Crippen molar-refractivity contribution in [3.8, 4) is 6.07 Å². The van der Waals surface area contributed by atoms with Crippen LogP contribution in [0.3, 0.4) is 0 Å². The Labute approximate surface area is 112 Å². The van der Waals surface area contributed by atoms with Crippen LogP contribution in [0.5, 0.6) is 0 Å². The molecule has 0 atom stereocenters. The summed E-state index contributed by atoms with van der Waals surface area (Å²) in [5, 5.41) is 25.4. The molecule has 0 aromatic carbocycles. The second-order valence-electron chi connectivity index (χ2n) is 3.54. The van der Waals surface area contributed by atoms with Gasteiger partial charge in [0.2, 0.25) is 5.69 Å². The molecule has 2 aromatic rings. The van der Waals surface area contributed by atoms with E-state index in [1.165, 1.54) is 12.1 Å². The molecule has 0 radical (unpaired) electrons. The molecule has 8 heteroatoms. The van der Waals surface area contributed by atoms with Crippen LogP contribution in [-0.2, 0) is 6.42 Å². The lowest BCUT2D eigenvalue weighted by atomic mass is 10.3. The summed E-state index contributed by atoms with van der Waals surface area (Å²) in [6.07, 6.45) is 2.47. The molecule has 0 bridgehead atoms. The highest BCUT2D eigenvalue weighted by Crippen LogP contribution is 2.18. The van der Waals surface area contributed by atoms with Gasteiger partial charge in [0.25, 0.3) is 0 Å². The van der Waals surface area contributed by atoms with Crippen molar-refractivity contribution >= 4 is 22.8 Å². The molecule has 0 fully saturated rings. The summed E-state index contributed by atoms with van der Waals surface area (Å²) in [6.45, 7) is 0.600. The third-order valence-corrected chi connectivity index (χ3v) is 3.14. The molecule has 19 heavy (non-hydrogen) atoms. The van der Waals surface area contributed by atoms with Gasteiger partial charge in [-0.3, -0.25) is 10.1 Å². The molecule has 96 valence electrons. The minimum atomic E-state index is -0.620. The van der Waals surface area contributed by atoms with Crippen LogP contribution < -0.4 is 5.32 Å². The highest BCUT2D eigenvalue weighted by Gasteiger charge is 2.15. The van der Waals surface area contributed by atoms with Gasteiger partial charge in [0, 0.05) is 30.6 Å². The second-order valence-corrected chi connectivity index (χ2v) is 4.51. The molecule has 2 aromatic heterocycles. The van der Waals surface area contributed by atoms with E-state index in [0.29, 0.717) is 12.4 Å². The molecule has 0 spiro atoms. The summed E-state index contributed by atoms with van der Waals surface area (Å²) in [6, 6.07) is 4.48. The van der Waals surface area contributed by atoms with E-state index in [2.05, 4.69) is 15.3 Å². The van der Waals surface area contributed by atoms with E-state index in [0.717, 1.165) is 11.4 Å². The zero-order valence-electron chi connectivity index (χ0n) is 9.74. The Hall–Kier alpha value is -2.53. The van der Waals surface area contributed by atoms with Gasteiger partial charge in [-0.15, -0.1) is 11.3 Å². The summed E-state index contributed by atoms with van der Waals surface area (Å²) >= 11 is 1.56. The van der Waals surface area contributed by atoms with Crippen LogP contribution in [0.1, 0.15) is 10.7 Å². The molecule has 0 unspecified atom stereocenters. The summed E-state index contributed by atoms with van der Waals surface area (Å²) in [5.74, 6) is 0.443. The molecule has 2 heterocycles. The lowest BCUT2D eigenvalue weighted by Crippen LogP contribution is -2.07. The maximum Gasteiger partial charge on any atom is 0.305 e. The number of thiazole rings is 1. The van der Waals surface area contributed by atoms with Crippen molar-refractivity contribution in [2.45, 2.75) is 6.42 Å². The van der Waals surface area contributed by atoms with Crippen molar-refractivity contribution in [3.63, 3.8) is 0 Å². The van der Waals surface area contributed by atoms with Gasteiger partial charge >= 0.3 is 5.69 Å². The van der Waals surface area contributed by atoms with Crippen molar-refractivity contribution in [3.05, 3.63) is 44.5 Å². The van der Waals surface area contributed by atoms with E-state index in [-0.39, 0.29) is 11.4 Å². The molecule has 0 aliphatic carbocycles. The minimum absolute atomic E-state index is 0.191. The maximum absolute atomic E-state index is 10.6. The molecule has 2 rings (SSSR count). The van der Waals surface area contributed by atoms with E-state index in [1.54, 1.807) is 23.6 Å². The SMILES string of the molecule is N#Cc1nc(NCCc2nccs2)ccc1[N+](=O)[O-]. The highest BCUT2D eigenvalue weighted by molar-refractivity contribution is 7.09. The van der Waals surface area contributed by atoms with E-state index in [9.17, 15) is 10.1 Å². The number of aromatic nitrogens is 2. The number of hydrogen-bond donors (Lipinski definition) is 1. The van der Waals surface area contributed by atoms with Crippen LogP contribution in [0.25, 0.3) is 0 Å². The van der Waals surface area contributed by atoms with Crippen LogP contribution in [0.15, 0.2) is 23.7 Å². The number of nitriles is 1. The standard InChI is InChI=1S/C11H9N5O2S/c12-7-8-9(16(17)18)1-2-10(15-8)13-4-3-11-14-5-6-19-11/h1-2,5-6H,3-4H2,(H,13,15). The fourth-order valence-electron chi connectivity index (χ4n) is 1.45. The van der Waals surface area contributed by atoms with Crippen molar-refractivity contribution in [1.29, 1.82) is 5.26 Å². The van der Waals surface area contributed by atoms with Crippen molar-refractivity contribution in [2.75, 3.05) is 11.9 Å². The monoisotopic (exact) mass is 275 g/mol. The molecule has 1 N–H and O–H groups in total. The van der Waals surface area contributed by atoms with Crippen LogP contribution in [0.4, 0.5) is 11.5 Å². The van der Waals surface area contributed by atoms with Gasteiger partial charge in [0.1, 0.15) is 11.9 Å².